The molecule has 3 heterocycles. The molecular formula is C26H32N4O6S. The molecule has 1 fully saturated rings. The first-order valence-electron chi connectivity index (χ1n) is 12.1. The molecule has 37 heavy (non-hydrogen) atoms. The van der Waals surface area contributed by atoms with Crippen LogP contribution in [0.2, 0.25) is 0 Å². The number of furan rings is 1. The third-order valence-electron chi connectivity index (χ3n) is 5.71. The predicted molar refractivity (Wildman–Crippen MR) is 138 cm³/mol. The smallest absolute Gasteiger partial charge is 0.287 e. The van der Waals surface area contributed by atoms with Crippen molar-refractivity contribution < 1.29 is 27.2 Å². The predicted octanol–water partition coefficient (Wildman–Crippen LogP) is 2.89. The fourth-order valence-electron chi connectivity index (χ4n) is 3.84. The molecule has 0 radical (unpaired) electrons. The fraction of sp³-hybridized carbons (Fsp3) is 0.385. The van der Waals surface area contributed by atoms with Crippen LogP contribution in [0.25, 0.3) is 11.0 Å². The molecule has 1 aliphatic rings. The fourth-order valence-corrected chi connectivity index (χ4v) is 5.24. The summed E-state index contributed by atoms with van der Waals surface area (Å²) in [6.07, 6.45) is 3.88. The SMILES string of the molecule is CC(C)CC(NC(=O)c1cc2ccccc2o1)C(N)=O.O=C1CCCCN(S(=O)(=O)c2ccccn2)C1. The van der Waals surface area contributed by atoms with Gasteiger partial charge in [-0.1, -0.05) is 38.1 Å². The van der Waals surface area contributed by atoms with Crippen molar-refractivity contribution in [1.82, 2.24) is 14.6 Å². The van der Waals surface area contributed by atoms with Crippen LogP contribution < -0.4 is 11.1 Å². The van der Waals surface area contributed by atoms with E-state index in [-0.39, 0.29) is 29.0 Å². The van der Waals surface area contributed by atoms with E-state index in [0.29, 0.717) is 25.0 Å². The van der Waals surface area contributed by atoms with Crippen molar-refractivity contribution in [3.05, 3.63) is 60.5 Å². The average molecular weight is 529 g/mol. The van der Waals surface area contributed by atoms with Crippen LogP contribution >= 0.6 is 0 Å². The number of nitrogens with one attached hydrogen (secondary N) is 1. The Bertz CT molecular complexity index is 1300. The molecule has 10 nitrogen and oxygen atoms in total. The molecule has 1 atom stereocenters. The highest BCUT2D eigenvalue weighted by Gasteiger charge is 2.28. The maximum absolute atomic E-state index is 12.2. The summed E-state index contributed by atoms with van der Waals surface area (Å²) < 4.78 is 31.1. The number of fused-ring (bicyclic) bond motifs is 1. The van der Waals surface area contributed by atoms with Crippen molar-refractivity contribution >= 4 is 38.6 Å². The monoisotopic (exact) mass is 528 g/mol. The van der Waals surface area contributed by atoms with Crippen LogP contribution in [0.1, 0.15) is 50.1 Å². The number of pyridine rings is 1. The van der Waals surface area contributed by atoms with E-state index in [9.17, 15) is 22.8 Å². The minimum absolute atomic E-state index is 0.00898. The number of para-hydroxylation sites is 1. The number of hydrogen-bond donors (Lipinski definition) is 2. The van der Waals surface area contributed by atoms with Gasteiger partial charge in [0.15, 0.2) is 10.8 Å². The molecule has 1 aromatic carbocycles. The summed E-state index contributed by atoms with van der Waals surface area (Å²) in [4.78, 5) is 38.7. The topological polar surface area (TPSA) is 153 Å². The molecule has 2 amide bonds. The number of hydrogen-bond acceptors (Lipinski definition) is 7. The maximum Gasteiger partial charge on any atom is 0.287 e. The lowest BCUT2D eigenvalue weighted by Crippen LogP contribution is -2.45. The molecule has 1 aliphatic heterocycles. The Hall–Kier alpha value is -3.57. The number of ketones is 1. The lowest BCUT2D eigenvalue weighted by molar-refractivity contribution is -0.120. The van der Waals surface area contributed by atoms with Gasteiger partial charge in [-0.3, -0.25) is 14.4 Å². The molecule has 0 spiro atoms. The first-order chi connectivity index (χ1) is 17.6. The Morgan fingerprint density at radius 2 is 1.86 bits per heavy atom. The summed E-state index contributed by atoms with van der Waals surface area (Å²) in [6, 6.07) is 13.0. The standard InChI is InChI=1S/C15H18N2O3.C11H14N2O3S/c1-9(2)7-11(14(16)18)17-15(19)13-8-10-5-3-4-6-12(10)20-13;14-10-5-2-4-8-13(9-10)17(15,16)11-6-1-3-7-12-11/h3-6,8-9,11H,7H2,1-2H3,(H2,16,18)(H,17,19);1,3,6-7H,2,4-5,8-9H2. The number of Topliss-reactive ketones (excluding diaryl/α,β-unsaturated/α-hetero) is 1. The van der Waals surface area contributed by atoms with E-state index in [4.69, 9.17) is 10.2 Å². The number of carbonyl (C=O) groups excluding carboxylic acids is 3. The molecule has 2 aromatic heterocycles. The third kappa shape index (κ3) is 7.70. The van der Waals surface area contributed by atoms with Gasteiger partial charge in [-0.2, -0.15) is 4.31 Å². The Balaban J connectivity index is 0.000000208. The number of nitrogens with zero attached hydrogens (tertiary/aromatic N) is 2. The van der Waals surface area contributed by atoms with Crippen molar-refractivity contribution in [3.8, 4) is 0 Å². The Labute approximate surface area is 216 Å². The number of nitrogens with two attached hydrogens (primary N) is 1. The van der Waals surface area contributed by atoms with Crippen molar-refractivity contribution in [2.45, 2.75) is 50.6 Å². The van der Waals surface area contributed by atoms with E-state index in [0.717, 1.165) is 18.2 Å². The summed E-state index contributed by atoms with van der Waals surface area (Å²) in [5.41, 5.74) is 5.94. The summed E-state index contributed by atoms with van der Waals surface area (Å²) in [7, 11) is -3.62. The summed E-state index contributed by atoms with van der Waals surface area (Å²) >= 11 is 0. The van der Waals surface area contributed by atoms with Gasteiger partial charge in [0.2, 0.25) is 5.91 Å². The highest BCUT2D eigenvalue weighted by molar-refractivity contribution is 7.89. The van der Waals surface area contributed by atoms with Crippen LogP contribution in [0.3, 0.4) is 0 Å². The summed E-state index contributed by atoms with van der Waals surface area (Å²) in [6.45, 7) is 4.29. The molecule has 198 valence electrons. The molecule has 0 aliphatic carbocycles. The number of rotatable bonds is 7. The molecule has 0 bridgehead atoms. The van der Waals surface area contributed by atoms with Gasteiger partial charge in [-0.15, -0.1) is 0 Å². The van der Waals surface area contributed by atoms with Crippen LogP contribution in [0.4, 0.5) is 0 Å². The van der Waals surface area contributed by atoms with Gasteiger partial charge in [0.25, 0.3) is 15.9 Å². The minimum atomic E-state index is -3.62. The van der Waals surface area contributed by atoms with Crippen LogP contribution in [-0.4, -0.2) is 54.4 Å². The number of aromatic nitrogens is 1. The number of benzene rings is 1. The van der Waals surface area contributed by atoms with Gasteiger partial charge in [0.05, 0.1) is 6.54 Å². The molecule has 0 saturated carbocycles. The Morgan fingerprint density at radius 1 is 1.14 bits per heavy atom. The number of primary amides is 1. The molecule has 1 saturated heterocycles. The first kappa shape index (κ1) is 28.0. The highest BCUT2D eigenvalue weighted by atomic mass is 32.2. The van der Waals surface area contributed by atoms with Crippen molar-refractivity contribution in [2.75, 3.05) is 13.1 Å². The maximum atomic E-state index is 12.2. The third-order valence-corrected chi connectivity index (χ3v) is 7.47. The molecular weight excluding hydrogens is 496 g/mol. The molecule has 3 N–H and O–H groups in total. The van der Waals surface area contributed by atoms with Gasteiger partial charge in [0.1, 0.15) is 17.4 Å². The lowest BCUT2D eigenvalue weighted by atomic mass is 10.0. The number of sulfonamides is 1. The van der Waals surface area contributed by atoms with E-state index < -0.39 is 27.9 Å². The quantitative estimate of drug-likeness (QED) is 0.478. The second-order valence-electron chi connectivity index (χ2n) is 9.21. The normalized spacial score (nSPS) is 15.5. The first-order valence-corrected chi connectivity index (χ1v) is 13.5. The van der Waals surface area contributed by atoms with Crippen molar-refractivity contribution in [1.29, 1.82) is 0 Å². The Morgan fingerprint density at radius 3 is 2.51 bits per heavy atom. The van der Waals surface area contributed by atoms with E-state index >= 15 is 0 Å². The highest BCUT2D eigenvalue weighted by Crippen LogP contribution is 2.19. The minimum Gasteiger partial charge on any atom is -0.451 e. The zero-order valence-corrected chi connectivity index (χ0v) is 21.7. The van der Waals surface area contributed by atoms with Crippen LogP contribution in [-0.2, 0) is 19.6 Å². The van der Waals surface area contributed by atoms with E-state index in [1.54, 1.807) is 24.3 Å². The van der Waals surface area contributed by atoms with E-state index in [2.05, 4.69) is 10.3 Å². The second kappa shape index (κ2) is 12.6. The zero-order valence-electron chi connectivity index (χ0n) is 20.9. The van der Waals surface area contributed by atoms with Crippen LogP contribution in [0, 0.1) is 5.92 Å². The molecule has 4 rings (SSSR count). The van der Waals surface area contributed by atoms with Gasteiger partial charge in [-0.05, 0) is 49.4 Å². The molecule has 1 unspecified atom stereocenters. The number of amides is 2. The van der Waals surface area contributed by atoms with E-state index in [1.807, 2.05) is 32.0 Å². The number of carbonyl (C=O) groups is 3. The van der Waals surface area contributed by atoms with Gasteiger partial charge < -0.3 is 15.5 Å². The van der Waals surface area contributed by atoms with Gasteiger partial charge in [0, 0.05) is 24.5 Å². The van der Waals surface area contributed by atoms with Crippen LogP contribution in [0.15, 0.2) is 64.2 Å². The van der Waals surface area contributed by atoms with Gasteiger partial charge in [-0.25, -0.2) is 13.4 Å². The molecule has 3 aromatic rings. The van der Waals surface area contributed by atoms with Crippen molar-refractivity contribution in [2.24, 2.45) is 11.7 Å². The zero-order chi connectivity index (χ0) is 27.0. The summed E-state index contributed by atoms with van der Waals surface area (Å²) in [5, 5.41) is 3.47. The van der Waals surface area contributed by atoms with E-state index in [1.165, 1.54) is 16.6 Å². The summed E-state index contributed by atoms with van der Waals surface area (Å²) in [5.74, 6) is -0.555. The Kier molecular flexibility index (Phi) is 9.54. The van der Waals surface area contributed by atoms with Crippen molar-refractivity contribution in [3.63, 3.8) is 0 Å². The largest absolute Gasteiger partial charge is 0.451 e. The average Bonchev–Trinajstić information content (AvgIpc) is 3.18. The van der Waals surface area contributed by atoms with Crippen LogP contribution in [0.5, 0.6) is 0 Å². The second-order valence-corrected chi connectivity index (χ2v) is 11.1. The lowest BCUT2D eigenvalue weighted by Gasteiger charge is -2.18. The molecule has 11 heteroatoms. The van der Waals surface area contributed by atoms with Gasteiger partial charge >= 0.3 is 0 Å².